The predicted octanol–water partition coefficient (Wildman–Crippen LogP) is 2.07. The minimum atomic E-state index is -3.21. The zero-order valence-electron chi connectivity index (χ0n) is 14.8. The Morgan fingerprint density at radius 1 is 1.04 bits per heavy atom. The molecule has 0 atom stereocenters. The number of nitrogens with zero attached hydrogens (tertiary/aromatic N) is 2. The van der Waals surface area contributed by atoms with Crippen LogP contribution in [0, 0.1) is 5.92 Å². The van der Waals surface area contributed by atoms with Crippen LogP contribution in [0.15, 0.2) is 42.5 Å². The normalized spacial score (nSPS) is 16.6. The van der Waals surface area contributed by atoms with E-state index in [1.165, 1.54) is 0 Å². The van der Waals surface area contributed by atoms with Crippen LogP contribution in [0.3, 0.4) is 0 Å². The summed E-state index contributed by atoms with van der Waals surface area (Å²) in [6, 6.07) is 13.4. The maximum absolute atomic E-state index is 12.6. The second-order valence-corrected chi connectivity index (χ2v) is 8.97. The highest BCUT2D eigenvalue weighted by molar-refractivity contribution is 7.89. The van der Waals surface area contributed by atoms with Crippen LogP contribution < -0.4 is 11.5 Å². The van der Waals surface area contributed by atoms with E-state index in [4.69, 9.17) is 11.5 Å². The Kier molecular flexibility index (Phi) is 5.78. The first-order valence-electron chi connectivity index (χ1n) is 8.96. The molecule has 1 saturated heterocycles. The zero-order chi connectivity index (χ0) is 18.6. The molecule has 1 aliphatic heterocycles. The van der Waals surface area contributed by atoms with E-state index in [0.29, 0.717) is 37.1 Å². The molecule has 140 valence electrons. The maximum atomic E-state index is 12.6. The van der Waals surface area contributed by atoms with Gasteiger partial charge in [-0.25, -0.2) is 17.7 Å². The minimum absolute atomic E-state index is 0.163. The Labute approximate surface area is 155 Å². The number of aryl methyl sites for hydroxylation is 1. The summed E-state index contributed by atoms with van der Waals surface area (Å²) in [4.78, 5) is 4.10. The summed E-state index contributed by atoms with van der Waals surface area (Å²) in [5.41, 5.74) is 13.6. The first kappa shape index (κ1) is 18.7. The Hall–Kier alpha value is -2.12. The first-order chi connectivity index (χ1) is 12.4. The van der Waals surface area contributed by atoms with Crippen molar-refractivity contribution in [3.05, 3.63) is 53.6 Å². The van der Waals surface area contributed by atoms with Crippen molar-refractivity contribution < 1.29 is 8.42 Å². The molecule has 4 N–H and O–H groups in total. The van der Waals surface area contributed by atoms with E-state index in [-0.39, 0.29) is 5.75 Å². The van der Waals surface area contributed by atoms with Gasteiger partial charge in [-0.05, 0) is 48.8 Å². The average molecular weight is 375 g/mol. The van der Waals surface area contributed by atoms with Crippen molar-refractivity contribution in [2.75, 3.05) is 30.3 Å². The number of nitrogens with two attached hydrogens (primary N) is 2. The highest BCUT2D eigenvalue weighted by atomic mass is 32.2. The Morgan fingerprint density at radius 3 is 2.38 bits per heavy atom. The molecule has 2 aromatic rings. The third-order valence-corrected chi connectivity index (χ3v) is 6.87. The second-order valence-electron chi connectivity index (χ2n) is 6.88. The number of rotatable bonds is 6. The van der Waals surface area contributed by atoms with E-state index in [1.807, 2.05) is 36.4 Å². The van der Waals surface area contributed by atoms with Crippen molar-refractivity contribution >= 4 is 21.7 Å². The molecule has 0 saturated carbocycles. The molecule has 0 spiro atoms. The molecule has 0 aliphatic carbocycles. The summed E-state index contributed by atoms with van der Waals surface area (Å²) in [6.07, 6.45) is 3.05. The van der Waals surface area contributed by atoms with Gasteiger partial charge < -0.3 is 11.5 Å². The number of hydrogen-bond acceptors (Lipinski definition) is 5. The van der Waals surface area contributed by atoms with Crippen molar-refractivity contribution in [1.82, 2.24) is 9.29 Å². The summed E-state index contributed by atoms with van der Waals surface area (Å²) >= 11 is 0. The quantitative estimate of drug-likeness (QED) is 0.806. The lowest BCUT2D eigenvalue weighted by atomic mass is 9.91. The second kappa shape index (κ2) is 8.05. The minimum Gasteiger partial charge on any atom is -0.384 e. The Balaban J connectivity index is 1.52. The average Bonchev–Trinajstić information content (AvgIpc) is 2.64. The fourth-order valence-corrected chi connectivity index (χ4v) is 4.93. The van der Waals surface area contributed by atoms with Gasteiger partial charge in [-0.15, -0.1) is 0 Å². The SMILES string of the molecule is Nc1ccc(CC2CCN(S(=O)(=O)CCc3ccccc3)CC2)c(N)n1. The van der Waals surface area contributed by atoms with Gasteiger partial charge in [-0.1, -0.05) is 36.4 Å². The molecule has 1 aromatic carbocycles. The molecule has 3 rings (SSSR count). The fourth-order valence-electron chi connectivity index (χ4n) is 3.42. The number of piperidine rings is 1. The van der Waals surface area contributed by atoms with E-state index in [2.05, 4.69) is 4.98 Å². The molecule has 26 heavy (non-hydrogen) atoms. The third kappa shape index (κ3) is 4.74. The van der Waals surface area contributed by atoms with Gasteiger partial charge in [0.25, 0.3) is 0 Å². The van der Waals surface area contributed by atoms with Gasteiger partial charge in [0.2, 0.25) is 10.0 Å². The number of sulfonamides is 1. The molecule has 2 heterocycles. The lowest BCUT2D eigenvalue weighted by molar-refractivity contribution is 0.273. The van der Waals surface area contributed by atoms with Gasteiger partial charge in [0.05, 0.1) is 5.75 Å². The van der Waals surface area contributed by atoms with Crippen LogP contribution in [0.5, 0.6) is 0 Å². The zero-order valence-corrected chi connectivity index (χ0v) is 15.7. The van der Waals surface area contributed by atoms with Crippen molar-refractivity contribution in [2.45, 2.75) is 25.7 Å². The number of hydrogen-bond donors (Lipinski definition) is 2. The number of nitrogen functional groups attached to an aromatic ring is 2. The Bertz CT molecular complexity index is 832. The van der Waals surface area contributed by atoms with Crippen molar-refractivity contribution in [3.63, 3.8) is 0 Å². The van der Waals surface area contributed by atoms with Gasteiger partial charge in [0.15, 0.2) is 0 Å². The van der Waals surface area contributed by atoms with Crippen LogP contribution in [-0.2, 0) is 22.9 Å². The molecule has 6 nitrogen and oxygen atoms in total. The monoisotopic (exact) mass is 374 g/mol. The molecular weight excluding hydrogens is 348 g/mol. The predicted molar refractivity (Wildman–Crippen MR) is 105 cm³/mol. The number of benzene rings is 1. The Morgan fingerprint density at radius 2 is 1.73 bits per heavy atom. The van der Waals surface area contributed by atoms with Crippen LogP contribution in [0.25, 0.3) is 0 Å². The highest BCUT2D eigenvalue weighted by Crippen LogP contribution is 2.25. The van der Waals surface area contributed by atoms with Gasteiger partial charge in [-0.3, -0.25) is 0 Å². The molecule has 0 radical (unpaired) electrons. The smallest absolute Gasteiger partial charge is 0.214 e. The van der Waals surface area contributed by atoms with E-state index >= 15 is 0 Å². The van der Waals surface area contributed by atoms with E-state index in [1.54, 1.807) is 10.4 Å². The molecule has 1 aliphatic rings. The number of pyridine rings is 1. The fraction of sp³-hybridized carbons (Fsp3) is 0.421. The summed E-state index contributed by atoms with van der Waals surface area (Å²) in [5.74, 6) is 1.48. The van der Waals surface area contributed by atoms with E-state index in [0.717, 1.165) is 30.4 Å². The topological polar surface area (TPSA) is 102 Å². The summed E-state index contributed by atoms with van der Waals surface area (Å²) < 4.78 is 26.8. The van der Waals surface area contributed by atoms with Crippen LogP contribution in [-0.4, -0.2) is 36.5 Å². The molecular formula is C19H26N4O2S. The standard InChI is InChI=1S/C19H26N4O2S/c20-18-7-6-17(19(21)22-18)14-16-8-11-23(12-9-16)26(24,25)13-10-15-4-2-1-3-5-15/h1-7,16H,8-14H2,(H4,20,21,22). The van der Waals surface area contributed by atoms with Crippen molar-refractivity contribution in [3.8, 4) is 0 Å². The molecule has 0 bridgehead atoms. The number of aromatic nitrogens is 1. The van der Waals surface area contributed by atoms with Crippen molar-refractivity contribution in [2.24, 2.45) is 5.92 Å². The first-order valence-corrected chi connectivity index (χ1v) is 10.6. The number of anilines is 2. The lowest BCUT2D eigenvalue weighted by Gasteiger charge is -2.31. The maximum Gasteiger partial charge on any atom is 0.214 e. The van der Waals surface area contributed by atoms with E-state index < -0.39 is 10.0 Å². The van der Waals surface area contributed by atoms with Crippen LogP contribution in [0.4, 0.5) is 11.6 Å². The molecule has 1 aromatic heterocycles. The van der Waals surface area contributed by atoms with Gasteiger partial charge in [-0.2, -0.15) is 0 Å². The van der Waals surface area contributed by atoms with Crippen molar-refractivity contribution in [1.29, 1.82) is 0 Å². The van der Waals surface area contributed by atoms with Gasteiger partial charge in [0.1, 0.15) is 11.6 Å². The highest BCUT2D eigenvalue weighted by Gasteiger charge is 2.28. The third-order valence-electron chi connectivity index (χ3n) is 5.00. The van der Waals surface area contributed by atoms with Crippen LogP contribution in [0.1, 0.15) is 24.0 Å². The largest absolute Gasteiger partial charge is 0.384 e. The van der Waals surface area contributed by atoms with Crippen LogP contribution in [0.2, 0.25) is 0 Å². The van der Waals surface area contributed by atoms with E-state index in [9.17, 15) is 8.42 Å². The summed E-state index contributed by atoms with van der Waals surface area (Å²) in [7, 11) is -3.21. The van der Waals surface area contributed by atoms with Gasteiger partial charge >= 0.3 is 0 Å². The lowest BCUT2D eigenvalue weighted by Crippen LogP contribution is -2.40. The molecule has 0 unspecified atom stereocenters. The van der Waals surface area contributed by atoms with Crippen LogP contribution >= 0.6 is 0 Å². The summed E-state index contributed by atoms with van der Waals surface area (Å²) in [6.45, 7) is 1.15. The molecule has 7 heteroatoms. The molecule has 0 amide bonds. The van der Waals surface area contributed by atoms with Gasteiger partial charge in [0, 0.05) is 13.1 Å². The molecule has 1 fully saturated rings. The summed E-state index contributed by atoms with van der Waals surface area (Å²) in [5, 5.41) is 0.